The zero-order valence-electron chi connectivity index (χ0n) is 12.7. The smallest absolute Gasteiger partial charge is 0.407 e. The molecule has 1 saturated heterocycles. The van der Waals surface area contributed by atoms with Gasteiger partial charge in [0, 0.05) is 19.1 Å². The van der Waals surface area contributed by atoms with Crippen LogP contribution in [0.2, 0.25) is 0 Å². The van der Waals surface area contributed by atoms with Gasteiger partial charge in [-0.2, -0.15) is 0 Å². The number of amides is 1. The fourth-order valence-corrected chi connectivity index (χ4v) is 2.44. The van der Waals surface area contributed by atoms with Crippen LogP contribution in [0.25, 0.3) is 0 Å². The van der Waals surface area contributed by atoms with Crippen LogP contribution in [-0.2, 0) is 4.74 Å². The van der Waals surface area contributed by atoms with Gasteiger partial charge in [0.2, 0.25) is 0 Å². The topological polar surface area (TPSA) is 54.7 Å². The summed E-state index contributed by atoms with van der Waals surface area (Å²) in [5, 5.41) is 2.93. The third kappa shape index (κ3) is 4.00. The van der Waals surface area contributed by atoms with Crippen LogP contribution in [0.5, 0.6) is 0 Å². The molecule has 5 nitrogen and oxygen atoms in total. The van der Waals surface area contributed by atoms with Crippen molar-refractivity contribution in [2.75, 3.05) is 13.1 Å². The van der Waals surface area contributed by atoms with Gasteiger partial charge in [0.25, 0.3) is 0 Å². The number of nitrogens with one attached hydrogen (secondary N) is 1. The zero-order valence-corrected chi connectivity index (χ0v) is 12.7. The lowest BCUT2D eigenvalue weighted by Crippen LogP contribution is -2.40. The molecule has 1 aliphatic heterocycles. The molecule has 112 valence electrons. The molecule has 0 radical (unpaired) electrons. The summed E-state index contributed by atoms with van der Waals surface area (Å²) in [6.07, 6.45) is 2.29. The summed E-state index contributed by atoms with van der Waals surface area (Å²) in [5.41, 5.74) is -0.455. The van der Waals surface area contributed by atoms with Crippen molar-refractivity contribution in [2.45, 2.75) is 51.8 Å². The highest BCUT2D eigenvalue weighted by molar-refractivity contribution is 5.68. The Labute approximate surface area is 120 Å². The molecule has 0 bridgehead atoms. The summed E-state index contributed by atoms with van der Waals surface area (Å²) >= 11 is 0. The maximum Gasteiger partial charge on any atom is 0.407 e. The summed E-state index contributed by atoms with van der Waals surface area (Å²) in [4.78, 5) is 14.1. The molecular formula is C15H24N2O3. The number of nitrogens with zero attached hydrogens (tertiary/aromatic N) is 1. The Kier molecular flexibility index (Phi) is 4.38. The molecule has 1 fully saturated rings. The first-order valence-electron chi connectivity index (χ1n) is 7.12. The SMILES string of the molecule is CC(c1ccco1)N1CC[C@@H](NC(=O)OC(C)(C)C)C1. The molecule has 2 rings (SSSR count). The normalized spacial score (nSPS) is 21.7. The van der Waals surface area contributed by atoms with Crippen molar-refractivity contribution in [3.8, 4) is 0 Å². The van der Waals surface area contributed by atoms with Gasteiger partial charge in [-0.15, -0.1) is 0 Å². The van der Waals surface area contributed by atoms with Crippen LogP contribution in [0.15, 0.2) is 22.8 Å². The number of likely N-dealkylation sites (tertiary alicyclic amines) is 1. The third-order valence-electron chi connectivity index (χ3n) is 3.44. The van der Waals surface area contributed by atoms with E-state index in [1.165, 1.54) is 0 Å². The van der Waals surface area contributed by atoms with Gasteiger partial charge in [-0.1, -0.05) is 0 Å². The Balaban J connectivity index is 1.82. The number of furan rings is 1. The fraction of sp³-hybridized carbons (Fsp3) is 0.667. The number of hydrogen-bond donors (Lipinski definition) is 1. The highest BCUT2D eigenvalue weighted by Gasteiger charge is 2.29. The van der Waals surface area contributed by atoms with E-state index in [0.717, 1.165) is 25.3 Å². The van der Waals surface area contributed by atoms with E-state index in [9.17, 15) is 4.79 Å². The number of hydrogen-bond acceptors (Lipinski definition) is 4. The van der Waals surface area contributed by atoms with Crippen LogP contribution < -0.4 is 5.32 Å². The molecule has 0 aliphatic carbocycles. The molecule has 1 N–H and O–H groups in total. The van der Waals surface area contributed by atoms with Crippen molar-refractivity contribution in [1.82, 2.24) is 10.2 Å². The Morgan fingerprint density at radius 1 is 1.55 bits per heavy atom. The maximum atomic E-state index is 11.7. The van der Waals surface area contributed by atoms with E-state index in [2.05, 4.69) is 17.1 Å². The monoisotopic (exact) mass is 280 g/mol. The summed E-state index contributed by atoms with van der Waals surface area (Å²) in [6, 6.07) is 4.26. The molecule has 2 heterocycles. The Bertz CT molecular complexity index is 436. The largest absolute Gasteiger partial charge is 0.468 e. The summed E-state index contributed by atoms with van der Waals surface area (Å²) in [5.74, 6) is 0.961. The highest BCUT2D eigenvalue weighted by atomic mass is 16.6. The van der Waals surface area contributed by atoms with Gasteiger partial charge >= 0.3 is 6.09 Å². The minimum atomic E-state index is -0.455. The lowest BCUT2D eigenvalue weighted by Gasteiger charge is -2.24. The molecule has 1 amide bonds. The number of ether oxygens (including phenoxy) is 1. The molecular weight excluding hydrogens is 256 g/mol. The summed E-state index contributed by atoms with van der Waals surface area (Å²) < 4.78 is 10.7. The van der Waals surface area contributed by atoms with Crippen molar-refractivity contribution >= 4 is 6.09 Å². The minimum absolute atomic E-state index is 0.141. The fourth-order valence-electron chi connectivity index (χ4n) is 2.44. The van der Waals surface area contributed by atoms with Crippen LogP contribution in [0.3, 0.4) is 0 Å². The second-order valence-corrected chi connectivity index (χ2v) is 6.32. The van der Waals surface area contributed by atoms with Crippen LogP contribution in [0.4, 0.5) is 4.79 Å². The first kappa shape index (κ1) is 14.9. The number of carbonyl (C=O) groups is 1. The van der Waals surface area contributed by atoms with Gasteiger partial charge in [0.05, 0.1) is 12.3 Å². The molecule has 0 spiro atoms. The lowest BCUT2D eigenvalue weighted by molar-refractivity contribution is 0.0504. The molecule has 1 unspecified atom stereocenters. The zero-order chi connectivity index (χ0) is 14.8. The van der Waals surface area contributed by atoms with Gasteiger partial charge in [-0.25, -0.2) is 4.79 Å². The van der Waals surface area contributed by atoms with Gasteiger partial charge in [-0.3, -0.25) is 4.90 Å². The van der Waals surface area contributed by atoms with E-state index in [0.29, 0.717) is 0 Å². The van der Waals surface area contributed by atoms with Crippen molar-refractivity contribution in [3.05, 3.63) is 24.2 Å². The lowest BCUT2D eigenvalue weighted by atomic mass is 10.2. The molecule has 1 aromatic rings. The maximum absolute atomic E-state index is 11.7. The second-order valence-electron chi connectivity index (χ2n) is 6.32. The Morgan fingerprint density at radius 2 is 2.30 bits per heavy atom. The van der Waals surface area contributed by atoms with E-state index in [-0.39, 0.29) is 18.2 Å². The molecule has 0 aromatic carbocycles. The van der Waals surface area contributed by atoms with E-state index in [1.807, 2.05) is 32.9 Å². The predicted octanol–water partition coefficient (Wildman–Crippen LogP) is 2.94. The van der Waals surface area contributed by atoms with Crippen molar-refractivity contribution < 1.29 is 13.9 Å². The second kappa shape index (κ2) is 5.87. The molecule has 20 heavy (non-hydrogen) atoms. The molecule has 1 aromatic heterocycles. The van der Waals surface area contributed by atoms with E-state index < -0.39 is 5.60 Å². The number of alkyl carbamates (subject to hydrolysis) is 1. The standard InChI is InChI=1S/C15H24N2O3/c1-11(13-6-5-9-19-13)17-8-7-12(10-17)16-14(18)20-15(2,3)4/h5-6,9,11-12H,7-8,10H2,1-4H3,(H,16,18)/t11?,12-/m1/s1. The molecule has 5 heteroatoms. The van der Waals surface area contributed by atoms with Gasteiger partial charge in [0.15, 0.2) is 0 Å². The average Bonchev–Trinajstić information content (AvgIpc) is 2.95. The van der Waals surface area contributed by atoms with Crippen molar-refractivity contribution in [1.29, 1.82) is 0 Å². The molecule has 0 saturated carbocycles. The average molecular weight is 280 g/mol. The quantitative estimate of drug-likeness (QED) is 0.925. The highest BCUT2D eigenvalue weighted by Crippen LogP contribution is 2.25. The van der Waals surface area contributed by atoms with Crippen LogP contribution >= 0.6 is 0 Å². The first-order chi connectivity index (χ1) is 9.35. The number of rotatable bonds is 3. The predicted molar refractivity (Wildman–Crippen MR) is 76.5 cm³/mol. The van der Waals surface area contributed by atoms with Crippen LogP contribution in [0, 0.1) is 0 Å². The van der Waals surface area contributed by atoms with Crippen molar-refractivity contribution in [3.63, 3.8) is 0 Å². The van der Waals surface area contributed by atoms with Crippen LogP contribution in [0.1, 0.15) is 45.9 Å². The molecule has 1 aliphatic rings. The Hall–Kier alpha value is -1.49. The summed E-state index contributed by atoms with van der Waals surface area (Å²) in [6.45, 7) is 9.49. The van der Waals surface area contributed by atoms with E-state index >= 15 is 0 Å². The third-order valence-corrected chi connectivity index (χ3v) is 3.44. The van der Waals surface area contributed by atoms with Crippen LogP contribution in [-0.4, -0.2) is 35.7 Å². The molecule has 2 atom stereocenters. The Morgan fingerprint density at radius 3 is 2.90 bits per heavy atom. The minimum Gasteiger partial charge on any atom is -0.468 e. The summed E-state index contributed by atoms with van der Waals surface area (Å²) in [7, 11) is 0. The van der Waals surface area contributed by atoms with E-state index in [4.69, 9.17) is 9.15 Å². The first-order valence-corrected chi connectivity index (χ1v) is 7.12. The van der Waals surface area contributed by atoms with E-state index in [1.54, 1.807) is 6.26 Å². The number of carbonyl (C=O) groups excluding carboxylic acids is 1. The van der Waals surface area contributed by atoms with Crippen molar-refractivity contribution in [2.24, 2.45) is 0 Å². The van der Waals surface area contributed by atoms with Gasteiger partial charge in [-0.05, 0) is 46.2 Å². The van der Waals surface area contributed by atoms with Gasteiger partial charge in [0.1, 0.15) is 11.4 Å². The van der Waals surface area contributed by atoms with Gasteiger partial charge < -0.3 is 14.5 Å².